The summed E-state index contributed by atoms with van der Waals surface area (Å²) in [4.78, 5) is 23.6. The van der Waals surface area contributed by atoms with E-state index in [-0.39, 0.29) is 11.9 Å². The van der Waals surface area contributed by atoms with E-state index >= 15 is 0 Å². The molecule has 0 N–H and O–H groups in total. The lowest BCUT2D eigenvalue weighted by atomic mass is 10.00. The molecule has 0 rings (SSSR count). The van der Waals surface area contributed by atoms with Gasteiger partial charge in [-0.05, 0) is 38.0 Å². The van der Waals surface area contributed by atoms with Crippen LogP contribution in [0.4, 0.5) is 0 Å². The molecule has 0 radical (unpaired) electrons. The average Bonchev–Trinajstić information content (AvgIpc) is 2.72. The zero-order valence-electron chi connectivity index (χ0n) is 19.3. The lowest BCUT2D eigenvalue weighted by Gasteiger charge is -2.16. The maximum absolute atomic E-state index is 11.9. The molecule has 0 spiro atoms. The SMILES string of the molecule is CCCCCCCCOC(=O)CCCCCC(=O)OCC(CCCC)CCOC. The highest BCUT2D eigenvalue weighted by molar-refractivity contribution is 5.69. The Morgan fingerprint density at radius 1 is 0.655 bits per heavy atom. The van der Waals surface area contributed by atoms with Gasteiger partial charge >= 0.3 is 11.9 Å². The molecule has 172 valence electrons. The second-order valence-electron chi connectivity index (χ2n) is 8.02. The molecule has 5 heteroatoms. The van der Waals surface area contributed by atoms with Crippen LogP contribution in [-0.4, -0.2) is 38.9 Å². The number of carbonyl (C=O) groups excluding carboxylic acids is 2. The number of ether oxygens (including phenoxy) is 3. The van der Waals surface area contributed by atoms with Gasteiger partial charge in [0.1, 0.15) is 0 Å². The van der Waals surface area contributed by atoms with Crippen molar-refractivity contribution in [3.63, 3.8) is 0 Å². The zero-order chi connectivity index (χ0) is 21.6. The standard InChI is InChI=1S/C24H46O5/c1-4-6-8-9-10-14-19-28-23(25)16-12-11-13-17-24(26)29-21-22(15-7-5-2)18-20-27-3/h22H,4-21H2,1-3H3. The maximum Gasteiger partial charge on any atom is 0.305 e. The van der Waals surface area contributed by atoms with E-state index in [0.29, 0.717) is 38.6 Å². The van der Waals surface area contributed by atoms with Crippen molar-refractivity contribution in [3.05, 3.63) is 0 Å². The van der Waals surface area contributed by atoms with E-state index in [2.05, 4.69) is 13.8 Å². The molecule has 1 unspecified atom stereocenters. The molecule has 0 aliphatic carbocycles. The van der Waals surface area contributed by atoms with Gasteiger partial charge in [-0.3, -0.25) is 9.59 Å². The summed E-state index contributed by atoms with van der Waals surface area (Å²) in [5.74, 6) is 0.146. The molecule has 0 aliphatic rings. The average molecular weight is 415 g/mol. The van der Waals surface area contributed by atoms with Gasteiger partial charge in [-0.15, -0.1) is 0 Å². The molecule has 0 heterocycles. The van der Waals surface area contributed by atoms with Crippen LogP contribution in [-0.2, 0) is 23.8 Å². The van der Waals surface area contributed by atoms with Crippen molar-refractivity contribution >= 4 is 11.9 Å². The summed E-state index contributed by atoms with van der Waals surface area (Å²) in [7, 11) is 1.70. The molecule has 0 fully saturated rings. The third-order valence-corrected chi connectivity index (χ3v) is 5.20. The first-order chi connectivity index (χ1) is 14.1. The van der Waals surface area contributed by atoms with Gasteiger partial charge in [0.25, 0.3) is 0 Å². The van der Waals surface area contributed by atoms with Crippen LogP contribution in [0, 0.1) is 5.92 Å². The monoisotopic (exact) mass is 414 g/mol. The van der Waals surface area contributed by atoms with E-state index in [1.54, 1.807) is 7.11 Å². The van der Waals surface area contributed by atoms with Gasteiger partial charge < -0.3 is 14.2 Å². The lowest BCUT2D eigenvalue weighted by molar-refractivity contribution is -0.145. The van der Waals surface area contributed by atoms with Crippen molar-refractivity contribution in [2.75, 3.05) is 26.9 Å². The Hall–Kier alpha value is -1.10. The number of unbranched alkanes of at least 4 members (excludes halogenated alkanes) is 8. The minimum Gasteiger partial charge on any atom is -0.466 e. The summed E-state index contributed by atoms with van der Waals surface area (Å²) in [5, 5.41) is 0. The molecular weight excluding hydrogens is 368 g/mol. The predicted molar refractivity (Wildman–Crippen MR) is 118 cm³/mol. The normalized spacial score (nSPS) is 12.0. The van der Waals surface area contributed by atoms with Gasteiger partial charge in [-0.2, -0.15) is 0 Å². The molecule has 0 aromatic rings. The molecule has 0 aliphatic heterocycles. The van der Waals surface area contributed by atoms with Gasteiger partial charge in [-0.1, -0.05) is 65.2 Å². The van der Waals surface area contributed by atoms with Crippen molar-refractivity contribution in [1.29, 1.82) is 0 Å². The summed E-state index contributed by atoms with van der Waals surface area (Å²) in [5.41, 5.74) is 0. The van der Waals surface area contributed by atoms with Crippen molar-refractivity contribution in [2.45, 2.75) is 110 Å². The second kappa shape index (κ2) is 21.6. The molecule has 0 bridgehead atoms. The first-order valence-electron chi connectivity index (χ1n) is 11.9. The van der Waals surface area contributed by atoms with Gasteiger partial charge in [0, 0.05) is 26.6 Å². The van der Waals surface area contributed by atoms with Crippen LogP contribution < -0.4 is 0 Å². The fraction of sp³-hybridized carbons (Fsp3) is 0.917. The summed E-state index contributed by atoms with van der Waals surface area (Å²) in [6.07, 6.45) is 14.7. The van der Waals surface area contributed by atoms with E-state index in [0.717, 1.165) is 57.8 Å². The highest BCUT2D eigenvalue weighted by Crippen LogP contribution is 2.14. The summed E-state index contributed by atoms with van der Waals surface area (Å²) in [6, 6.07) is 0. The number of esters is 2. The Kier molecular flexibility index (Phi) is 20.8. The van der Waals surface area contributed by atoms with Crippen LogP contribution in [0.3, 0.4) is 0 Å². The van der Waals surface area contributed by atoms with Crippen LogP contribution >= 0.6 is 0 Å². The number of hydrogen-bond donors (Lipinski definition) is 0. The minimum atomic E-state index is -0.130. The molecular formula is C24H46O5. The molecule has 0 aromatic carbocycles. The first-order valence-corrected chi connectivity index (χ1v) is 11.9. The molecule has 0 aromatic heterocycles. The topological polar surface area (TPSA) is 61.8 Å². The van der Waals surface area contributed by atoms with E-state index in [1.807, 2.05) is 0 Å². The molecule has 0 amide bonds. The van der Waals surface area contributed by atoms with Crippen molar-refractivity contribution < 1.29 is 23.8 Å². The number of methoxy groups -OCH3 is 1. The van der Waals surface area contributed by atoms with Crippen LogP contribution in [0.5, 0.6) is 0 Å². The van der Waals surface area contributed by atoms with Crippen molar-refractivity contribution in [1.82, 2.24) is 0 Å². The van der Waals surface area contributed by atoms with E-state index in [9.17, 15) is 9.59 Å². The molecule has 1 atom stereocenters. The van der Waals surface area contributed by atoms with Crippen LogP contribution in [0.2, 0.25) is 0 Å². The largest absolute Gasteiger partial charge is 0.466 e. The highest BCUT2D eigenvalue weighted by atomic mass is 16.5. The van der Waals surface area contributed by atoms with Crippen LogP contribution in [0.15, 0.2) is 0 Å². The second-order valence-corrected chi connectivity index (χ2v) is 8.02. The van der Waals surface area contributed by atoms with Gasteiger partial charge in [-0.25, -0.2) is 0 Å². The summed E-state index contributed by atoms with van der Waals surface area (Å²) in [6.45, 7) is 6.12. The third kappa shape index (κ3) is 20.0. The minimum absolute atomic E-state index is 0.113. The first kappa shape index (κ1) is 27.9. The molecule has 5 nitrogen and oxygen atoms in total. The fourth-order valence-corrected chi connectivity index (χ4v) is 3.23. The number of carbonyl (C=O) groups is 2. The number of rotatable bonds is 21. The molecule has 0 saturated heterocycles. The smallest absolute Gasteiger partial charge is 0.305 e. The van der Waals surface area contributed by atoms with Crippen molar-refractivity contribution in [3.8, 4) is 0 Å². The van der Waals surface area contributed by atoms with E-state index < -0.39 is 0 Å². The Morgan fingerprint density at radius 2 is 1.24 bits per heavy atom. The zero-order valence-corrected chi connectivity index (χ0v) is 19.3. The number of hydrogen-bond acceptors (Lipinski definition) is 5. The van der Waals surface area contributed by atoms with Crippen molar-refractivity contribution in [2.24, 2.45) is 5.92 Å². The van der Waals surface area contributed by atoms with Crippen LogP contribution in [0.25, 0.3) is 0 Å². The Bertz CT molecular complexity index is 375. The quantitative estimate of drug-likeness (QED) is 0.165. The Morgan fingerprint density at radius 3 is 1.90 bits per heavy atom. The maximum atomic E-state index is 11.9. The predicted octanol–water partition coefficient (Wildman–Crippen LogP) is 6.23. The van der Waals surface area contributed by atoms with E-state index in [4.69, 9.17) is 14.2 Å². The fourth-order valence-electron chi connectivity index (χ4n) is 3.23. The Labute approximate surface area is 179 Å². The van der Waals surface area contributed by atoms with Gasteiger partial charge in [0.15, 0.2) is 0 Å². The molecule has 29 heavy (non-hydrogen) atoms. The van der Waals surface area contributed by atoms with Gasteiger partial charge in [0.05, 0.1) is 13.2 Å². The Balaban J connectivity index is 3.60. The summed E-state index contributed by atoms with van der Waals surface area (Å²) < 4.78 is 15.8. The van der Waals surface area contributed by atoms with E-state index in [1.165, 1.54) is 25.7 Å². The van der Waals surface area contributed by atoms with Crippen LogP contribution in [0.1, 0.15) is 110 Å². The lowest BCUT2D eigenvalue weighted by Crippen LogP contribution is -2.16. The molecule has 0 saturated carbocycles. The third-order valence-electron chi connectivity index (χ3n) is 5.20. The summed E-state index contributed by atoms with van der Waals surface area (Å²) >= 11 is 0. The highest BCUT2D eigenvalue weighted by Gasteiger charge is 2.12. The van der Waals surface area contributed by atoms with Gasteiger partial charge in [0.2, 0.25) is 0 Å².